The van der Waals surface area contributed by atoms with Gasteiger partial charge in [0.05, 0.1) is 0 Å². The lowest BCUT2D eigenvalue weighted by Crippen LogP contribution is -2.35. The van der Waals surface area contributed by atoms with E-state index in [4.69, 9.17) is 13.1 Å². The van der Waals surface area contributed by atoms with Crippen LogP contribution in [0.5, 0.6) is 0 Å². The summed E-state index contributed by atoms with van der Waals surface area (Å²) in [5, 5.41) is 0. The van der Waals surface area contributed by atoms with Crippen molar-refractivity contribution in [3.63, 3.8) is 0 Å². The maximum atomic E-state index is 7.42. The van der Waals surface area contributed by atoms with Crippen LogP contribution in [0.1, 0.15) is 32.6 Å². The average Bonchev–Trinajstić information content (AvgIpc) is 2.46. The van der Waals surface area contributed by atoms with Gasteiger partial charge in [-0.15, -0.1) is 0 Å². The van der Waals surface area contributed by atoms with Crippen molar-refractivity contribution in [2.45, 2.75) is 38.3 Å². The van der Waals surface area contributed by atoms with E-state index in [9.17, 15) is 0 Å². The molecule has 0 saturated carbocycles. The minimum absolute atomic E-state index is 0.194. The second kappa shape index (κ2) is 3.90. The van der Waals surface area contributed by atoms with Crippen molar-refractivity contribution in [2.75, 3.05) is 0 Å². The number of nitrogens with zero attached hydrogens (tertiary/aromatic N) is 2. The molecule has 0 heterocycles. The van der Waals surface area contributed by atoms with Crippen molar-refractivity contribution in [3.05, 3.63) is 58.8 Å². The highest BCUT2D eigenvalue weighted by atomic mass is 15.0. The molecule has 0 N–H and O–H groups in total. The van der Waals surface area contributed by atoms with E-state index in [-0.39, 0.29) is 5.41 Å². The summed E-state index contributed by atoms with van der Waals surface area (Å²) in [6, 6.07) is 0. The predicted molar refractivity (Wildman–Crippen MR) is 68.9 cm³/mol. The maximum absolute atomic E-state index is 7.42. The van der Waals surface area contributed by atoms with Crippen LogP contribution in [0.2, 0.25) is 0 Å². The van der Waals surface area contributed by atoms with Gasteiger partial charge in [-0.25, -0.2) is 22.8 Å². The van der Waals surface area contributed by atoms with E-state index in [2.05, 4.69) is 29.3 Å². The molecule has 0 aromatic carbocycles. The SMILES string of the molecule is [C-]#[N+]C1([N+]#[C-])CC=CC(=C)C2(C)CCCC=C12. The van der Waals surface area contributed by atoms with Gasteiger partial charge in [0, 0.05) is 5.41 Å². The van der Waals surface area contributed by atoms with Gasteiger partial charge in [-0.2, -0.15) is 0 Å². The van der Waals surface area contributed by atoms with E-state index in [1.165, 1.54) is 0 Å². The molecule has 1 unspecified atom stereocenters. The summed E-state index contributed by atoms with van der Waals surface area (Å²) in [6.45, 7) is 21.1. The highest BCUT2D eigenvalue weighted by Crippen LogP contribution is 2.52. The Morgan fingerprint density at radius 1 is 1.35 bits per heavy atom. The molecule has 17 heavy (non-hydrogen) atoms. The van der Waals surface area contributed by atoms with Crippen molar-refractivity contribution in [2.24, 2.45) is 5.41 Å². The standard InChI is InChI=1S/C15H16N2/c1-12-8-7-11-15(16-3,17-4)13-9-5-6-10-14(12,13)2/h7-9H,1,5-6,10-11H2,2H3. The van der Waals surface area contributed by atoms with Crippen molar-refractivity contribution in [1.29, 1.82) is 0 Å². The molecule has 0 bridgehead atoms. The smallest absolute Gasteiger partial charge is 0.226 e. The summed E-state index contributed by atoms with van der Waals surface area (Å²) in [7, 11) is 0. The van der Waals surface area contributed by atoms with Crippen molar-refractivity contribution in [3.8, 4) is 0 Å². The number of hydrogen-bond donors (Lipinski definition) is 0. The molecule has 0 saturated heterocycles. The van der Waals surface area contributed by atoms with Crippen molar-refractivity contribution < 1.29 is 0 Å². The summed E-state index contributed by atoms with van der Waals surface area (Å²) < 4.78 is 0. The highest BCUT2D eigenvalue weighted by molar-refractivity contribution is 5.48. The fraction of sp³-hybridized carbons (Fsp3) is 0.467. The summed E-state index contributed by atoms with van der Waals surface area (Å²) >= 11 is 0. The Bertz CT molecular complexity index is 482. The van der Waals surface area contributed by atoms with Gasteiger partial charge in [-0.1, -0.05) is 31.7 Å². The topological polar surface area (TPSA) is 8.72 Å². The molecule has 2 rings (SSSR count). The third-order valence-electron chi connectivity index (χ3n) is 4.06. The molecule has 0 aromatic rings. The quantitative estimate of drug-likeness (QED) is 0.431. The second-order valence-corrected chi connectivity index (χ2v) is 5.01. The monoisotopic (exact) mass is 224 g/mol. The number of fused-ring (bicyclic) bond motifs is 1. The van der Waals surface area contributed by atoms with E-state index < -0.39 is 5.66 Å². The molecule has 2 nitrogen and oxygen atoms in total. The summed E-state index contributed by atoms with van der Waals surface area (Å²) in [6.07, 6.45) is 9.61. The molecule has 0 aromatic heterocycles. The number of hydrogen-bond acceptors (Lipinski definition) is 0. The lowest BCUT2D eigenvalue weighted by atomic mass is 9.66. The lowest BCUT2D eigenvalue weighted by Gasteiger charge is -2.35. The van der Waals surface area contributed by atoms with Crippen LogP contribution < -0.4 is 0 Å². The van der Waals surface area contributed by atoms with Crippen LogP contribution in [-0.4, -0.2) is 5.66 Å². The Kier molecular flexibility index (Phi) is 2.68. The van der Waals surface area contributed by atoms with Gasteiger partial charge in [0.25, 0.3) is 0 Å². The van der Waals surface area contributed by atoms with E-state index in [0.717, 1.165) is 30.4 Å². The molecular formula is C15H16N2. The molecule has 0 radical (unpaired) electrons. The third kappa shape index (κ3) is 1.53. The van der Waals surface area contributed by atoms with E-state index in [1.54, 1.807) is 0 Å². The Labute approximate surface area is 103 Å². The Morgan fingerprint density at radius 2 is 2.06 bits per heavy atom. The van der Waals surface area contributed by atoms with E-state index in [0.29, 0.717) is 6.42 Å². The minimum atomic E-state index is -1.02. The van der Waals surface area contributed by atoms with E-state index >= 15 is 0 Å². The van der Waals surface area contributed by atoms with Crippen LogP contribution in [0.4, 0.5) is 0 Å². The average molecular weight is 224 g/mol. The van der Waals surface area contributed by atoms with Crippen LogP contribution in [0.15, 0.2) is 36.0 Å². The first-order valence-electron chi connectivity index (χ1n) is 5.93. The fourth-order valence-electron chi connectivity index (χ4n) is 2.90. The molecule has 0 spiro atoms. The first-order valence-corrected chi connectivity index (χ1v) is 5.93. The van der Waals surface area contributed by atoms with Gasteiger partial charge in [0.1, 0.15) is 12.0 Å². The van der Waals surface area contributed by atoms with Gasteiger partial charge in [-0.3, -0.25) is 0 Å². The molecule has 2 heteroatoms. The van der Waals surface area contributed by atoms with Gasteiger partial charge in [0.2, 0.25) is 0 Å². The summed E-state index contributed by atoms with van der Waals surface area (Å²) in [5.74, 6) is 0. The van der Waals surface area contributed by atoms with Gasteiger partial charge >= 0.3 is 5.66 Å². The first kappa shape index (κ1) is 11.7. The summed E-state index contributed by atoms with van der Waals surface area (Å²) in [5.41, 5.74) is 0.805. The van der Waals surface area contributed by atoms with Crippen molar-refractivity contribution in [1.82, 2.24) is 0 Å². The van der Waals surface area contributed by atoms with Gasteiger partial charge in [-0.05, 0) is 24.8 Å². The highest BCUT2D eigenvalue weighted by Gasteiger charge is 2.56. The van der Waals surface area contributed by atoms with Gasteiger partial charge < -0.3 is 0 Å². The molecule has 0 aliphatic heterocycles. The molecule has 1 atom stereocenters. The fourth-order valence-corrected chi connectivity index (χ4v) is 2.90. The molecule has 86 valence electrons. The Morgan fingerprint density at radius 3 is 2.71 bits per heavy atom. The largest absolute Gasteiger partial charge is 0.510 e. The number of rotatable bonds is 0. The normalized spacial score (nSPS) is 30.5. The van der Waals surface area contributed by atoms with Crippen molar-refractivity contribution >= 4 is 0 Å². The predicted octanol–water partition coefficient (Wildman–Crippen LogP) is 4.15. The van der Waals surface area contributed by atoms with Crippen LogP contribution in [0.3, 0.4) is 0 Å². The third-order valence-corrected chi connectivity index (χ3v) is 4.06. The summed E-state index contributed by atoms with van der Waals surface area (Å²) in [4.78, 5) is 7.31. The Hall–Kier alpha value is -1.80. The zero-order chi connectivity index (χ0) is 12.5. The van der Waals surface area contributed by atoms with E-state index in [1.807, 2.05) is 12.2 Å². The second-order valence-electron chi connectivity index (χ2n) is 5.01. The maximum Gasteiger partial charge on any atom is 0.510 e. The zero-order valence-corrected chi connectivity index (χ0v) is 10.2. The zero-order valence-electron chi connectivity index (χ0n) is 10.2. The van der Waals surface area contributed by atoms with Crippen LogP contribution >= 0.6 is 0 Å². The molecular weight excluding hydrogens is 208 g/mol. The van der Waals surface area contributed by atoms with Crippen LogP contribution in [-0.2, 0) is 0 Å². The number of allylic oxidation sites excluding steroid dienone is 3. The molecule has 0 amide bonds. The molecule has 0 fully saturated rings. The van der Waals surface area contributed by atoms with Crippen LogP contribution in [0, 0.1) is 18.6 Å². The lowest BCUT2D eigenvalue weighted by molar-refractivity contribution is 0.379. The molecule has 2 aliphatic carbocycles. The minimum Gasteiger partial charge on any atom is -0.226 e. The van der Waals surface area contributed by atoms with Gasteiger partial charge in [0.15, 0.2) is 0 Å². The Balaban J connectivity index is 2.65. The van der Waals surface area contributed by atoms with Crippen LogP contribution in [0.25, 0.3) is 9.69 Å². The first-order chi connectivity index (χ1) is 8.09. The molecule has 2 aliphatic rings.